The number of aromatic nitrogens is 2. The van der Waals surface area contributed by atoms with E-state index in [4.69, 9.17) is 9.72 Å². The van der Waals surface area contributed by atoms with E-state index in [1.807, 2.05) is 36.5 Å². The Hall–Kier alpha value is -4.15. The molecule has 0 amide bonds. The van der Waals surface area contributed by atoms with Gasteiger partial charge in [0.2, 0.25) is 0 Å². The molecule has 4 aromatic carbocycles. The maximum atomic E-state index is 6.30. The van der Waals surface area contributed by atoms with Gasteiger partial charge in [0.15, 0.2) is 11.5 Å². The predicted molar refractivity (Wildman–Crippen MR) is 140 cm³/mol. The van der Waals surface area contributed by atoms with Gasteiger partial charge >= 0.3 is 0 Å². The summed E-state index contributed by atoms with van der Waals surface area (Å²) in [6.07, 6.45) is 0. The van der Waals surface area contributed by atoms with Gasteiger partial charge in [-0.25, -0.2) is 4.98 Å². The number of hydrogen-bond donors (Lipinski definition) is 0. The van der Waals surface area contributed by atoms with Crippen LogP contribution in [0.2, 0.25) is 0 Å². The third kappa shape index (κ3) is 3.00. The van der Waals surface area contributed by atoms with E-state index >= 15 is 0 Å². The van der Waals surface area contributed by atoms with Crippen molar-refractivity contribution in [3.8, 4) is 49.2 Å². The Balaban J connectivity index is 1.22. The van der Waals surface area contributed by atoms with Crippen LogP contribution in [0.5, 0.6) is 11.5 Å². The zero-order chi connectivity index (χ0) is 22.6. The van der Waals surface area contributed by atoms with Crippen molar-refractivity contribution in [3.05, 3.63) is 109 Å². The number of fused-ring (bicyclic) bond motifs is 2. The van der Waals surface area contributed by atoms with Crippen LogP contribution in [-0.2, 0) is 0 Å². The van der Waals surface area contributed by atoms with Crippen molar-refractivity contribution < 1.29 is 4.74 Å². The normalized spacial score (nSPS) is 11.9. The van der Waals surface area contributed by atoms with Gasteiger partial charge in [0.05, 0.1) is 11.2 Å². The fourth-order valence-corrected chi connectivity index (χ4v) is 5.76. The zero-order valence-corrected chi connectivity index (χ0v) is 19.3. The number of benzene rings is 4. The van der Waals surface area contributed by atoms with Crippen molar-refractivity contribution >= 4 is 22.4 Å². The van der Waals surface area contributed by atoms with Crippen molar-refractivity contribution in [3.63, 3.8) is 0 Å². The highest BCUT2D eigenvalue weighted by atomic mass is 32.1. The summed E-state index contributed by atoms with van der Waals surface area (Å²) >= 11 is 1.82. The third-order valence-corrected chi connectivity index (χ3v) is 7.58. The summed E-state index contributed by atoms with van der Waals surface area (Å²) in [5.41, 5.74) is 7.83. The second-order valence-electron chi connectivity index (χ2n) is 8.51. The Labute approximate surface area is 201 Å². The lowest BCUT2D eigenvalue weighted by Gasteiger charge is -2.21. The van der Waals surface area contributed by atoms with Gasteiger partial charge in [-0.2, -0.15) is 0 Å². The molecule has 0 saturated heterocycles. The third-order valence-electron chi connectivity index (χ3n) is 6.39. The van der Waals surface area contributed by atoms with E-state index in [1.165, 1.54) is 26.4 Å². The van der Waals surface area contributed by atoms with Crippen molar-refractivity contribution in [2.75, 3.05) is 0 Å². The van der Waals surface area contributed by atoms with Crippen molar-refractivity contribution in [2.24, 2.45) is 0 Å². The standard InChI is InChI=1S/C30H20N2OS/c1-19-31-24-8-5-9-26-30(24)32(19)25-15-14-23(18-27(25)33-26)20-10-12-22(13-11-20)29-17-16-28(34-29)21-6-3-2-4-7-21/h2-18H,1H3. The molecule has 0 atom stereocenters. The summed E-state index contributed by atoms with van der Waals surface area (Å²) in [6, 6.07) is 36.2. The molecule has 0 spiro atoms. The molecule has 0 radical (unpaired) electrons. The van der Waals surface area contributed by atoms with Crippen LogP contribution in [0, 0.1) is 6.92 Å². The van der Waals surface area contributed by atoms with E-state index in [9.17, 15) is 0 Å². The molecule has 0 aliphatic carbocycles. The predicted octanol–water partition coefficient (Wildman–Crippen LogP) is 8.50. The highest BCUT2D eigenvalue weighted by Crippen LogP contribution is 2.43. The summed E-state index contributed by atoms with van der Waals surface area (Å²) in [5, 5.41) is 0. The Morgan fingerprint density at radius 2 is 1.35 bits per heavy atom. The number of thiophene rings is 1. The highest BCUT2D eigenvalue weighted by molar-refractivity contribution is 7.18. The Kier molecular flexibility index (Phi) is 4.23. The molecule has 34 heavy (non-hydrogen) atoms. The minimum Gasteiger partial charge on any atom is -0.453 e. The van der Waals surface area contributed by atoms with E-state index in [-0.39, 0.29) is 0 Å². The average Bonchev–Trinajstić information content (AvgIpc) is 3.51. The van der Waals surface area contributed by atoms with Crippen LogP contribution in [0.3, 0.4) is 0 Å². The van der Waals surface area contributed by atoms with Gasteiger partial charge in [0, 0.05) is 9.75 Å². The second kappa shape index (κ2) is 7.44. The monoisotopic (exact) mass is 456 g/mol. The number of aryl methyl sites for hydroxylation is 1. The largest absolute Gasteiger partial charge is 0.453 e. The van der Waals surface area contributed by atoms with E-state index in [0.717, 1.165) is 39.6 Å². The Morgan fingerprint density at radius 3 is 2.15 bits per heavy atom. The smallest absolute Gasteiger partial charge is 0.153 e. The van der Waals surface area contributed by atoms with Crippen LogP contribution in [0.1, 0.15) is 5.82 Å². The molecular weight excluding hydrogens is 436 g/mol. The molecule has 2 aromatic heterocycles. The Bertz CT molecular complexity index is 1680. The topological polar surface area (TPSA) is 27.1 Å². The SMILES string of the molecule is Cc1nc2cccc3c2n1-c1ccc(-c2ccc(-c4ccc(-c5ccccc5)s4)cc2)cc1O3. The lowest BCUT2D eigenvalue weighted by atomic mass is 10.0. The molecule has 162 valence electrons. The van der Waals surface area contributed by atoms with Gasteiger partial charge in [-0.05, 0) is 65.6 Å². The van der Waals surface area contributed by atoms with Crippen LogP contribution in [0.15, 0.2) is 103 Å². The molecule has 0 saturated carbocycles. The summed E-state index contributed by atoms with van der Waals surface area (Å²) in [4.78, 5) is 7.27. The first kappa shape index (κ1) is 19.3. The number of hydrogen-bond acceptors (Lipinski definition) is 3. The van der Waals surface area contributed by atoms with Gasteiger partial charge < -0.3 is 4.74 Å². The van der Waals surface area contributed by atoms with Gasteiger partial charge in [0.1, 0.15) is 11.3 Å². The first-order valence-corrected chi connectivity index (χ1v) is 12.1. The molecule has 1 aliphatic heterocycles. The number of rotatable bonds is 3. The Morgan fingerprint density at radius 1 is 0.647 bits per heavy atom. The number of nitrogens with zero attached hydrogens (tertiary/aromatic N) is 2. The summed E-state index contributed by atoms with van der Waals surface area (Å²) in [6.45, 7) is 2.04. The van der Waals surface area contributed by atoms with E-state index in [1.54, 1.807) is 0 Å². The molecular formula is C30H20N2OS. The van der Waals surface area contributed by atoms with Crippen molar-refractivity contribution in [1.82, 2.24) is 9.55 Å². The maximum Gasteiger partial charge on any atom is 0.153 e. The molecule has 1 aliphatic rings. The molecule has 7 rings (SSSR count). The summed E-state index contributed by atoms with van der Waals surface area (Å²) in [5.74, 6) is 2.67. The fraction of sp³-hybridized carbons (Fsp3) is 0.0333. The number of para-hydroxylation sites is 1. The number of imidazole rings is 1. The molecule has 6 aromatic rings. The minimum atomic E-state index is 0.852. The lowest BCUT2D eigenvalue weighted by molar-refractivity contribution is 0.475. The molecule has 0 fully saturated rings. The molecule has 3 heterocycles. The van der Waals surface area contributed by atoms with Crippen LogP contribution in [0.4, 0.5) is 0 Å². The quantitative estimate of drug-likeness (QED) is 0.266. The first-order valence-electron chi connectivity index (χ1n) is 11.3. The van der Waals surface area contributed by atoms with Crippen LogP contribution < -0.4 is 4.74 Å². The lowest BCUT2D eigenvalue weighted by Crippen LogP contribution is -2.05. The summed E-state index contributed by atoms with van der Waals surface area (Å²) in [7, 11) is 0. The van der Waals surface area contributed by atoms with Crippen molar-refractivity contribution in [1.29, 1.82) is 0 Å². The van der Waals surface area contributed by atoms with Gasteiger partial charge in [-0.3, -0.25) is 4.57 Å². The second-order valence-corrected chi connectivity index (χ2v) is 9.59. The highest BCUT2D eigenvalue weighted by Gasteiger charge is 2.23. The van der Waals surface area contributed by atoms with Gasteiger partial charge in [-0.1, -0.05) is 66.7 Å². The summed E-state index contributed by atoms with van der Waals surface area (Å²) < 4.78 is 8.50. The van der Waals surface area contributed by atoms with Crippen molar-refractivity contribution in [2.45, 2.75) is 6.92 Å². The van der Waals surface area contributed by atoms with Crippen LogP contribution >= 0.6 is 11.3 Å². The molecule has 0 bridgehead atoms. The van der Waals surface area contributed by atoms with Crippen LogP contribution in [-0.4, -0.2) is 9.55 Å². The molecule has 3 nitrogen and oxygen atoms in total. The molecule has 0 N–H and O–H groups in total. The van der Waals surface area contributed by atoms with Gasteiger partial charge in [0.25, 0.3) is 0 Å². The van der Waals surface area contributed by atoms with Gasteiger partial charge in [-0.15, -0.1) is 11.3 Å². The first-order chi connectivity index (χ1) is 16.7. The van der Waals surface area contributed by atoms with E-state index in [0.29, 0.717) is 0 Å². The maximum absolute atomic E-state index is 6.30. The molecule has 0 unspecified atom stereocenters. The van der Waals surface area contributed by atoms with E-state index in [2.05, 4.69) is 89.5 Å². The zero-order valence-electron chi connectivity index (χ0n) is 18.5. The van der Waals surface area contributed by atoms with E-state index < -0.39 is 0 Å². The fourth-order valence-electron chi connectivity index (χ4n) is 4.75. The molecule has 4 heteroatoms. The average molecular weight is 457 g/mol. The number of ether oxygens (including phenoxy) is 1. The van der Waals surface area contributed by atoms with Crippen LogP contribution in [0.25, 0.3) is 48.7 Å². The minimum absolute atomic E-state index is 0.852.